The molecule has 2 aromatic carbocycles. The SMILES string of the molecule is Cc1ccc(N)cc1-c1nc2cc(Cl)ccc2n1C. The summed E-state index contributed by atoms with van der Waals surface area (Å²) in [5, 5.41) is 0.696. The number of aryl methyl sites for hydroxylation is 2. The van der Waals surface area contributed by atoms with E-state index in [9.17, 15) is 0 Å². The van der Waals surface area contributed by atoms with E-state index in [4.69, 9.17) is 17.3 Å². The first kappa shape index (κ1) is 12.1. The van der Waals surface area contributed by atoms with Crippen molar-refractivity contribution in [3.63, 3.8) is 0 Å². The van der Waals surface area contributed by atoms with Crippen LogP contribution in [0.25, 0.3) is 22.4 Å². The van der Waals surface area contributed by atoms with E-state index in [1.54, 1.807) is 0 Å². The maximum absolute atomic E-state index is 6.01. The number of rotatable bonds is 1. The number of benzene rings is 2. The summed E-state index contributed by atoms with van der Waals surface area (Å²) in [7, 11) is 2.00. The van der Waals surface area contributed by atoms with Gasteiger partial charge in [-0.3, -0.25) is 0 Å². The predicted octanol–water partition coefficient (Wildman–Crippen LogP) is 3.78. The minimum Gasteiger partial charge on any atom is -0.399 e. The average molecular weight is 272 g/mol. The minimum absolute atomic E-state index is 0.696. The van der Waals surface area contributed by atoms with Crippen LogP contribution in [0.4, 0.5) is 5.69 Å². The molecule has 0 fully saturated rings. The third-order valence-corrected chi connectivity index (χ3v) is 3.58. The van der Waals surface area contributed by atoms with Crippen molar-refractivity contribution >= 4 is 28.3 Å². The number of fused-ring (bicyclic) bond motifs is 1. The molecule has 3 aromatic rings. The van der Waals surface area contributed by atoms with Crippen LogP contribution in [0.5, 0.6) is 0 Å². The molecule has 3 nitrogen and oxygen atoms in total. The lowest BCUT2D eigenvalue weighted by atomic mass is 10.1. The Kier molecular flexibility index (Phi) is 2.72. The second kappa shape index (κ2) is 4.28. The van der Waals surface area contributed by atoms with Gasteiger partial charge in [-0.15, -0.1) is 0 Å². The van der Waals surface area contributed by atoms with E-state index in [2.05, 4.69) is 16.5 Å². The van der Waals surface area contributed by atoms with E-state index in [-0.39, 0.29) is 0 Å². The molecule has 0 atom stereocenters. The molecule has 0 saturated carbocycles. The van der Waals surface area contributed by atoms with Crippen molar-refractivity contribution < 1.29 is 0 Å². The third-order valence-electron chi connectivity index (χ3n) is 3.35. The predicted molar refractivity (Wildman–Crippen MR) is 80.3 cm³/mol. The fourth-order valence-electron chi connectivity index (χ4n) is 2.29. The number of nitrogens with zero attached hydrogens (tertiary/aromatic N) is 2. The fraction of sp³-hybridized carbons (Fsp3) is 0.133. The van der Waals surface area contributed by atoms with Crippen LogP contribution in [0.3, 0.4) is 0 Å². The number of hydrogen-bond donors (Lipinski definition) is 1. The lowest BCUT2D eigenvalue weighted by Gasteiger charge is -2.07. The Labute approximate surface area is 116 Å². The quantitative estimate of drug-likeness (QED) is 0.685. The van der Waals surface area contributed by atoms with Crippen LogP contribution < -0.4 is 5.73 Å². The molecule has 0 bridgehead atoms. The second-order valence-corrected chi connectivity index (χ2v) is 5.14. The highest BCUT2D eigenvalue weighted by Crippen LogP contribution is 2.28. The molecule has 0 aliphatic rings. The van der Waals surface area contributed by atoms with Crippen molar-refractivity contribution in [3.8, 4) is 11.4 Å². The average Bonchev–Trinajstić information content (AvgIpc) is 2.69. The van der Waals surface area contributed by atoms with Crippen LogP contribution in [0.15, 0.2) is 36.4 Å². The first-order valence-electron chi connectivity index (χ1n) is 6.05. The Morgan fingerprint density at radius 2 is 1.95 bits per heavy atom. The third kappa shape index (κ3) is 1.96. The lowest BCUT2D eigenvalue weighted by molar-refractivity contribution is 0.957. The number of imidazole rings is 1. The van der Waals surface area contributed by atoms with Gasteiger partial charge in [0.1, 0.15) is 5.82 Å². The van der Waals surface area contributed by atoms with Gasteiger partial charge >= 0.3 is 0 Å². The molecule has 4 heteroatoms. The maximum Gasteiger partial charge on any atom is 0.141 e. The summed E-state index contributed by atoms with van der Waals surface area (Å²) < 4.78 is 2.06. The number of halogens is 1. The largest absolute Gasteiger partial charge is 0.399 e. The second-order valence-electron chi connectivity index (χ2n) is 4.70. The van der Waals surface area contributed by atoms with Crippen LogP contribution in [-0.2, 0) is 7.05 Å². The molecule has 3 rings (SSSR count). The van der Waals surface area contributed by atoms with Gasteiger partial charge in [0.2, 0.25) is 0 Å². The van der Waals surface area contributed by atoms with Crippen LogP contribution in [0.2, 0.25) is 5.02 Å². The van der Waals surface area contributed by atoms with E-state index in [0.29, 0.717) is 5.02 Å². The van der Waals surface area contributed by atoms with Gasteiger partial charge in [0, 0.05) is 23.3 Å². The van der Waals surface area contributed by atoms with Crippen molar-refractivity contribution in [3.05, 3.63) is 47.0 Å². The van der Waals surface area contributed by atoms with E-state index < -0.39 is 0 Å². The van der Waals surface area contributed by atoms with Gasteiger partial charge in [0.15, 0.2) is 0 Å². The van der Waals surface area contributed by atoms with Gasteiger partial charge in [-0.05, 0) is 42.8 Å². The molecule has 0 saturated heterocycles. The van der Waals surface area contributed by atoms with Gasteiger partial charge in [0.25, 0.3) is 0 Å². The zero-order chi connectivity index (χ0) is 13.6. The Hall–Kier alpha value is -2.00. The van der Waals surface area contributed by atoms with Crippen LogP contribution in [0.1, 0.15) is 5.56 Å². The van der Waals surface area contributed by atoms with Gasteiger partial charge in [-0.25, -0.2) is 4.98 Å². The zero-order valence-corrected chi connectivity index (χ0v) is 11.6. The van der Waals surface area contributed by atoms with Crippen molar-refractivity contribution in [2.45, 2.75) is 6.92 Å². The van der Waals surface area contributed by atoms with Crippen molar-refractivity contribution in [1.82, 2.24) is 9.55 Å². The Morgan fingerprint density at radius 3 is 2.74 bits per heavy atom. The molecule has 96 valence electrons. The normalized spacial score (nSPS) is 11.1. The monoisotopic (exact) mass is 271 g/mol. The summed E-state index contributed by atoms with van der Waals surface area (Å²) in [5.74, 6) is 0.905. The molecule has 0 amide bonds. The first-order chi connectivity index (χ1) is 9.06. The van der Waals surface area contributed by atoms with Crippen LogP contribution in [0, 0.1) is 6.92 Å². The minimum atomic E-state index is 0.696. The van der Waals surface area contributed by atoms with E-state index >= 15 is 0 Å². The molecule has 1 aromatic heterocycles. The van der Waals surface area contributed by atoms with Crippen LogP contribution >= 0.6 is 11.6 Å². The number of aromatic nitrogens is 2. The summed E-state index contributed by atoms with van der Waals surface area (Å²) in [6.07, 6.45) is 0. The van der Waals surface area contributed by atoms with Crippen LogP contribution in [-0.4, -0.2) is 9.55 Å². The molecule has 1 heterocycles. The Morgan fingerprint density at radius 1 is 1.16 bits per heavy atom. The smallest absolute Gasteiger partial charge is 0.141 e. The fourth-order valence-corrected chi connectivity index (χ4v) is 2.46. The van der Waals surface area contributed by atoms with E-state index in [1.165, 1.54) is 0 Å². The number of anilines is 1. The van der Waals surface area contributed by atoms with Gasteiger partial charge in [-0.2, -0.15) is 0 Å². The molecular weight excluding hydrogens is 258 g/mol. The zero-order valence-electron chi connectivity index (χ0n) is 10.8. The highest BCUT2D eigenvalue weighted by Gasteiger charge is 2.12. The Bertz CT molecular complexity index is 774. The van der Waals surface area contributed by atoms with Gasteiger partial charge < -0.3 is 10.3 Å². The summed E-state index contributed by atoms with van der Waals surface area (Å²) in [5.41, 5.74) is 10.8. The highest BCUT2D eigenvalue weighted by molar-refractivity contribution is 6.31. The van der Waals surface area contributed by atoms with Crippen molar-refractivity contribution in [1.29, 1.82) is 0 Å². The molecule has 0 spiro atoms. The van der Waals surface area contributed by atoms with Crippen molar-refractivity contribution in [2.75, 3.05) is 5.73 Å². The topological polar surface area (TPSA) is 43.8 Å². The summed E-state index contributed by atoms with van der Waals surface area (Å²) in [4.78, 5) is 4.67. The molecule has 0 radical (unpaired) electrons. The first-order valence-corrected chi connectivity index (χ1v) is 6.42. The van der Waals surface area contributed by atoms with E-state index in [1.807, 2.05) is 43.4 Å². The summed E-state index contributed by atoms with van der Waals surface area (Å²) >= 11 is 6.01. The number of hydrogen-bond acceptors (Lipinski definition) is 2. The molecular formula is C15H14ClN3. The molecule has 0 aliphatic carbocycles. The highest BCUT2D eigenvalue weighted by atomic mass is 35.5. The Balaban J connectivity index is 2.30. The molecule has 19 heavy (non-hydrogen) atoms. The maximum atomic E-state index is 6.01. The summed E-state index contributed by atoms with van der Waals surface area (Å²) in [6.45, 7) is 2.06. The van der Waals surface area contributed by atoms with Crippen molar-refractivity contribution in [2.24, 2.45) is 7.05 Å². The van der Waals surface area contributed by atoms with Gasteiger partial charge in [0.05, 0.1) is 11.0 Å². The molecule has 0 unspecified atom stereocenters. The molecule has 2 N–H and O–H groups in total. The lowest BCUT2D eigenvalue weighted by Crippen LogP contribution is -1.96. The number of nitrogens with two attached hydrogens (primary N) is 1. The van der Waals surface area contributed by atoms with Gasteiger partial charge in [-0.1, -0.05) is 17.7 Å². The summed E-state index contributed by atoms with van der Waals surface area (Å²) in [6, 6.07) is 11.6. The van der Waals surface area contributed by atoms with E-state index in [0.717, 1.165) is 33.7 Å². The molecule has 0 aliphatic heterocycles. The number of nitrogen functional groups attached to an aromatic ring is 1. The standard InChI is InChI=1S/C15H14ClN3/c1-9-3-5-11(17)8-12(9)15-18-13-7-10(16)4-6-14(13)19(15)2/h3-8H,17H2,1-2H3.